The fourth-order valence-corrected chi connectivity index (χ4v) is 3.63. The van der Waals surface area contributed by atoms with Crippen LogP contribution in [0.15, 0.2) is 17.8 Å². The van der Waals surface area contributed by atoms with Gasteiger partial charge in [-0.15, -0.1) is 11.3 Å². The molecule has 1 amide bonds. The number of nitrogens with zero attached hydrogens (tertiary/aromatic N) is 3. The maximum atomic E-state index is 12.6. The minimum Gasteiger partial charge on any atom is -0.357 e. The van der Waals surface area contributed by atoms with Gasteiger partial charge in [-0.05, 0) is 44.6 Å². The van der Waals surface area contributed by atoms with Gasteiger partial charge in [0, 0.05) is 12.6 Å². The van der Waals surface area contributed by atoms with E-state index in [1.165, 1.54) is 12.7 Å². The fourth-order valence-electron chi connectivity index (χ4n) is 2.83. The van der Waals surface area contributed by atoms with E-state index in [1.54, 1.807) is 11.3 Å². The first-order chi connectivity index (χ1) is 10.2. The van der Waals surface area contributed by atoms with E-state index in [1.807, 2.05) is 23.3 Å². The van der Waals surface area contributed by atoms with Crippen molar-refractivity contribution < 1.29 is 4.79 Å². The van der Waals surface area contributed by atoms with E-state index in [-0.39, 0.29) is 11.9 Å². The van der Waals surface area contributed by atoms with Gasteiger partial charge < -0.3 is 10.2 Å². The number of nitrogens with one attached hydrogen (secondary N) is 1. The topological polar surface area (TPSA) is 58.1 Å². The molecule has 0 aromatic carbocycles. The lowest BCUT2D eigenvalue weighted by atomic mass is 10.0. The minimum absolute atomic E-state index is 0.158. The molecule has 0 radical (unpaired) electrons. The van der Waals surface area contributed by atoms with Crippen LogP contribution in [0.25, 0.3) is 10.2 Å². The summed E-state index contributed by atoms with van der Waals surface area (Å²) >= 11 is 1.59. The maximum absolute atomic E-state index is 12.6. The smallest absolute Gasteiger partial charge is 0.245 e. The lowest BCUT2D eigenvalue weighted by Crippen LogP contribution is -2.48. The second-order valence-electron chi connectivity index (χ2n) is 5.60. The molecule has 2 atom stereocenters. The van der Waals surface area contributed by atoms with Crippen molar-refractivity contribution in [2.24, 2.45) is 0 Å². The van der Waals surface area contributed by atoms with Crippen LogP contribution >= 0.6 is 11.3 Å². The van der Waals surface area contributed by atoms with E-state index in [0.717, 1.165) is 35.4 Å². The summed E-state index contributed by atoms with van der Waals surface area (Å²) in [6, 6.07) is 2.03. The maximum Gasteiger partial charge on any atom is 0.245 e. The predicted molar refractivity (Wildman–Crippen MR) is 85.5 cm³/mol. The highest BCUT2D eigenvalue weighted by molar-refractivity contribution is 7.17. The van der Waals surface area contributed by atoms with Crippen LogP contribution in [0.3, 0.4) is 0 Å². The molecule has 6 heteroatoms. The largest absolute Gasteiger partial charge is 0.357 e. The number of likely N-dealkylation sites (tertiary alicyclic amines) is 1. The molecule has 5 nitrogen and oxygen atoms in total. The van der Waals surface area contributed by atoms with Crippen molar-refractivity contribution in [1.29, 1.82) is 0 Å². The molecule has 0 bridgehead atoms. The molecule has 0 aliphatic carbocycles. The van der Waals surface area contributed by atoms with Crippen molar-refractivity contribution in [3.8, 4) is 0 Å². The summed E-state index contributed by atoms with van der Waals surface area (Å²) in [6.45, 7) is 4.90. The molecule has 2 aromatic rings. The Morgan fingerprint density at radius 3 is 3.14 bits per heavy atom. The number of hydrogen-bond donors (Lipinski definition) is 1. The molecule has 3 heterocycles. The lowest BCUT2D eigenvalue weighted by molar-refractivity contribution is -0.134. The van der Waals surface area contributed by atoms with Crippen LogP contribution in [0, 0.1) is 0 Å². The second kappa shape index (κ2) is 5.97. The number of carbonyl (C=O) groups excluding carboxylic acids is 1. The molecule has 2 aromatic heterocycles. The van der Waals surface area contributed by atoms with E-state index in [4.69, 9.17) is 0 Å². The molecule has 0 saturated carbocycles. The molecule has 112 valence electrons. The molecule has 1 aliphatic heterocycles. The molecule has 1 N–H and O–H groups in total. The Labute approximate surface area is 128 Å². The van der Waals surface area contributed by atoms with E-state index >= 15 is 0 Å². The van der Waals surface area contributed by atoms with Crippen molar-refractivity contribution in [3.05, 3.63) is 17.8 Å². The summed E-state index contributed by atoms with van der Waals surface area (Å²) in [6.07, 6.45) is 4.96. The third kappa shape index (κ3) is 2.85. The van der Waals surface area contributed by atoms with Crippen molar-refractivity contribution in [2.45, 2.75) is 45.2 Å². The summed E-state index contributed by atoms with van der Waals surface area (Å²) in [4.78, 5) is 23.1. The quantitative estimate of drug-likeness (QED) is 0.947. The second-order valence-corrected chi connectivity index (χ2v) is 6.52. The molecular weight excluding hydrogens is 284 g/mol. The van der Waals surface area contributed by atoms with Gasteiger partial charge in [0.25, 0.3) is 0 Å². The zero-order chi connectivity index (χ0) is 14.8. The molecule has 0 spiro atoms. The van der Waals surface area contributed by atoms with Gasteiger partial charge in [0.05, 0.1) is 10.2 Å². The highest BCUT2D eigenvalue weighted by Gasteiger charge is 2.27. The van der Waals surface area contributed by atoms with Crippen molar-refractivity contribution in [2.75, 3.05) is 11.9 Å². The summed E-state index contributed by atoms with van der Waals surface area (Å²) in [5.41, 5.74) is 0.920. The molecular formula is C15H20N4OS. The first-order valence-corrected chi connectivity index (χ1v) is 8.30. The van der Waals surface area contributed by atoms with Crippen LogP contribution in [0.4, 0.5) is 5.82 Å². The van der Waals surface area contributed by atoms with E-state index in [9.17, 15) is 4.79 Å². The van der Waals surface area contributed by atoms with Crippen LogP contribution in [0.2, 0.25) is 0 Å². The number of amides is 1. The average molecular weight is 304 g/mol. The number of thiophene rings is 1. The predicted octanol–water partition coefficient (Wildman–Crippen LogP) is 2.89. The van der Waals surface area contributed by atoms with Crippen LogP contribution in [0.1, 0.15) is 33.1 Å². The number of fused-ring (bicyclic) bond motifs is 1. The summed E-state index contributed by atoms with van der Waals surface area (Å²) in [5, 5.41) is 5.25. The highest BCUT2D eigenvalue weighted by atomic mass is 32.1. The zero-order valence-electron chi connectivity index (χ0n) is 12.4. The molecule has 1 fully saturated rings. The average Bonchev–Trinajstić information content (AvgIpc) is 2.96. The Balaban J connectivity index is 1.75. The van der Waals surface area contributed by atoms with Gasteiger partial charge in [-0.2, -0.15) is 0 Å². The number of piperidine rings is 1. The van der Waals surface area contributed by atoms with Gasteiger partial charge in [-0.3, -0.25) is 4.79 Å². The highest BCUT2D eigenvalue weighted by Crippen LogP contribution is 2.26. The fraction of sp³-hybridized carbons (Fsp3) is 0.533. The van der Waals surface area contributed by atoms with Gasteiger partial charge in [-0.1, -0.05) is 0 Å². The van der Waals surface area contributed by atoms with Crippen molar-refractivity contribution >= 4 is 33.3 Å². The van der Waals surface area contributed by atoms with E-state index in [2.05, 4.69) is 22.2 Å². The van der Waals surface area contributed by atoms with E-state index in [0.29, 0.717) is 6.04 Å². The first-order valence-electron chi connectivity index (χ1n) is 7.42. The molecule has 0 unspecified atom stereocenters. The number of carbonyl (C=O) groups is 1. The third-order valence-corrected chi connectivity index (χ3v) is 4.96. The monoisotopic (exact) mass is 304 g/mol. The number of aromatic nitrogens is 2. The molecule has 1 saturated heterocycles. The van der Waals surface area contributed by atoms with Crippen LogP contribution in [-0.2, 0) is 4.79 Å². The molecule has 21 heavy (non-hydrogen) atoms. The Bertz CT molecular complexity index is 641. The summed E-state index contributed by atoms with van der Waals surface area (Å²) < 4.78 is 1.00. The summed E-state index contributed by atoms with van der Waals surface area (Å²) in [7, 11) is 0. The zero-order valence-corrected chi connectivity index (χ0v) is 13.2. The SMILES string of the molecule is C[C@@H](Nc1ncnc2ccsc12)C(=O)N1CCCC[C@@H]1C. The van der Waals surface area contributed by atoms with Gasteiger partial charge in [0.15, 0.2) is 0 Å². The molecule has 3 rings (SSSR count). The Hall–Kier alpha value is -1.69. The Kier molecular flexibility index (Phi) is 4.05. The number of rotatable bonds is 3. The van der Waals surface area contributed by atoms with Gasteiger partial charge >= 0.3 is 0 Å². The van der Waals surface area contributed by atoms with Crippen LogP contribution < -0.4 is 5.32 Å². The van der Waals surface area contributed by atoms with Gasteiger partial charge in [0.2, 0.25) is 5.91 Å². The first kappa shape index (κ1) is 14.3. The Morgan fingerprint density at radius 2 is 2.33 bits per heavy atom. The van der Waals surface area contributed by atoms with Gasteiger partial charge in [0.1, 0.15) is 18.2 Å². The normalized spacial score (nSPS) is 20.5. The van der Waals surface area contributed by atoms with Crippen molar-refractivity contribution in [1.82, 2.24) is 14.9 Å². The summed E-state index contributed by atoms with van der Waals surface area (Å²) in [5.74, 6) is 0.908. The lowest BCUT2D eigenvalue weighted by Gasteiger charge is -2.35. The van der Waals surface area contributed by atoms with Crippen LogP contribution in [0.5, 0.6) is 0 Å². The van der Waals surface area contributed by atoms with E-state index < -0.39 is 0 Å². The van der Waals surface area contributed by atoms with Crippen LogP contribution in [-0.4, -0.2) is 39.4 Å². The standard InChI is InChI=1S/C15H20N4OS/c1-10-5-3-4-7-19(10)15(20)11(2)18-14-13-12(6-8-21-13)16-9-17-14/h6,8-11H,3-5,7H2,1-2H3,(H,16,17,18)/t10-,11+/m0/s1. The minimum atomic E-state index is -0.272. The van der Waals surface area contributed by atoms with Gasteiger partial charge in [-0.25, -0.2) is 9.97 Å². The Morgan fingerprint density at radius 1 is 1.48 bits per heavy atom. The number of anilines is 1. The number of hydrogen-bond acceptors (Lipinski definition) is 5. The van der Waals surface area contributed by atoms with Crippen molar-refractivity contribution in [3.63, 3.8) is 0 Å². The molecule has 1 aliphatic rings. The third-order valence-electron chi connectivity index (χ3n) is 4.05.